The van der Waals surface area contributed by atoms with Crippen LogP contribution in [0.1, 0.15) is 10.4 Å². The number of nitro benzene ring substituents is 1. The Morgan fingerprint density at radius 1 is 1.19 bits per heavy atom. The maximum atomic E-state index is 13.4. The molecule has 2 aromatic carbocycles. The molecule has 0 saturated heterocycles. The Bertz CT molecular complexity index is 702. The van der Waals surface area contributed by atoms with E-state index in [-0.39, 0.29) is 22.7 Å². The van der Waals surface area contributed by atoms with Crippen LogP contribution in [0.15, 0.2) is 42.5 Å². The van der Waals surface area contributed by atoms with Crippen LogP contribution >= 0.6 is 0 Å². The summed E-state index contributed by atoms with van der Waals surface area (Å²) in [5, 5.41) is 10.9. The fraction of sp³-hybridized carbons (Fsp3) is 0.0714. The van der Waals surface area contributed by atoms with Crippen LogP contribution in [0.3, 0.4) is 0 Å². The number of methoxy groups -OCH3 is 1. The molecule has 0 unspecified atom stereocenters. The van der Waals surface area contributed by atoms with E-state index < -0.39 is 16.7 Å². The van der Waals surface area contributed by atoms with Crippen LogP contribution in [0.2, 0.25) is 0 Å². The first-order valence-corrected chi connectivity index (χ1v) is 5.82. The largest absolute Gasteiger partial charge is 0.490 e. The minimum absolute atomic E-state index is 0.0161. The number of halogens is 1. The van der Waals surface area contributed by atoms with E-state index in [0.29, 0.717) is 0 Å². The molecule has 0 aliphatic heterocycles. The Balaban J connectivity index is 2.30. The maximum absolute atomic E-state index is 13.4. The van der Waals surface area contributed by atoms with Gasteiger partial charge in [0.1, 0.15) is 0 Å². The molecular weight excluding hydrogens is 281 g/mol. The summed E-state index contributed by atoms with van der Waals surface area (Å²) in [6, 6.07) is 8.96. The van der Waals surface area contributed by atoms with Crippen molar-refractivity contribution in [1.29, 1.82) is 0 Å². The third-order valence-corrected chi connectivity index (χ3v) is 2.65. The van der Waals surface area contributed by atoms with Crippen LogP contribution in [0.4, 0.5) is 10.1 Å². The lowest BCUT2D eigenvalue weighted by Crippen LogP contribution is -2.10. The normalized spacial score (nSPS) is 10.0. The van der Waals surface area contributed by atoms with Crippen LogP contribution in [0.5, 0.6) is 11.5 Å². The molecule has 2 aromatic rings. The maximum Gasteiger partial charge on any atom is 0.343 e. The number of benzene rings is 2. The molecule has 0 aromatic heterocycles. The van der Waals surface area contributed by atoms with Crippen LogP contribution < -0.4 is 9.47 Å². The van der Waals surface area contributed by atoms with Crippen molar-refractivity contribution in [1.82, 2.24) is 0 Å². The van der Waals surface area contributed by atoms with Gasteiger partial charge in [-0.1, -0.05) is 12.1 Å². The van der Waals surface area contributed by atoms with E-state index in [9.17, 15) is 19.3 Å². The highest BCUT2D eigenvalue weighted by Crippen LogP contribution is 2.28. The van der Waals surface area contributed by atoms with Crippen molar-refractivity contribution in [3.8, 4) is 11.5 Å². The Morgan fingerprint density at radius 3 is 2.52 bits per heavy atom. The van der Waals surface area contributed by atoms with Gasteiger partial charge in [-0.3, -0.25) is 10.1 Å². The van der Waals surface area contributed by atoms with Crippen LogP contribution in [-0.2, 0) is 0 Å². The summed E-state index contributed by atoms with van der Waals surface area (Å²) >= 11 is 0. The van der Waals surface area contributed by atoms with Crippen LogP contribution in [0.25, 0.3) is 0 Å². The SMILES string of the molecule is COc1ccc(C(=O)Oc2ccccc2F)cc1[N+](=O)[O-]. The van der Waals surface area contributed by atoms with Gasteiger partial charge in [0.15, 0.2) is 17.3 Å². The lowest BCUT2D eigenvalue weighted by molar-refractivity contribution is -0.385. The summed E-state index contributed by atoms with van der Waals surface area (Å²) in [6.45, 7) is 0. The van der Waals surface area contributed by atoms with E-state index in [1.165, 1.54) is 37.4 Å². The van der Waals surface area contributed by atoms with Gasteiger partial charge in [0.2, 0.25) is 0 Å². The van der Waals surface area contributed by atoms with Gasteiger partial charge in [-0.2, -0.15) is 0 Å². The number of rotatable bonds is 4. The third-order valence-electron chi connectivity index (χ3n) is 2.65. The zero-order valence-electron chi connectivity index (χ0n) is 10.9. The topological polar surface area (TPSA) is 78.7 Å². The molecule has 7 heteroatoms. The molecular formula is C14H10FNO5. The van der Waals surface area contributed by atoms with E-state index in [0.717, 1.165) is 12.1 Å². The number of para-hydroxylation sites is 1. The van der Waals surface area contributed by atoms with Crippen molar-refractivity contribution in [3.63, 3.8) is 0 Å². The first-order valence-electron chi connectivity index (χ1n) is 5.82. The molecule has 0 radical (unpaired) electrons. The van der Waals surface area contributed by atoms with Gasteiger partial charge >= 0.3 is 11.7 Å². The number of ether oxygens (including phenoxy) is 2. The minimum atomic E-state index is -0.897. The van der Waals surface area contributed by atoms with E-state index >= 15 is 0 Å². The predicted molar refractivity (Wildman–Crippen MR) is 71.0 cm³/mol. The molecule has 0 N–H and O–H groups in total. The molecule has 0 aliphatic carbocycles. The Hall–Kier alpha value is -2.96. The van der Waals surface area contributed by atoms with Crippen molar-refractivity contribution in [2.45, 2.75) is 0 Å². The van der Waals surface area contributed by atoms with Gasteiger partial charge in [-0.15, -0.1) is 0 Å². The molecule has 0 aliphatic rings. The summed E-state index contributed by atoms with van der Waals surface area (Å²) in [5.41, 5.74) is -0.453. The number of carbonyl (C=O) groups is 1. The van der Waals surface area contributed by atoms with Gasteiger partial charge < -0.3 is 9.47 Å². The van der Waals surface area contributed by atoms with Gasteiger partial charge in [0, 0.05) is 6.07 Å². The highest BCUT2D eigenvalue weighted by atomic mass is 19.1. The van der Waals surface area contributed by atoms with Gasteiger partial charge in [0.25, 0.3) is 0 Å². The summed E-state index contributed by atoms with van der Waals surface area (Å²) in [4.78, 5) is 22.1. The standard InChI is InChI=1S/C14H10FNO5/c1-20-13-7-6-9(8-11(13)16(18)19)14(17)21-12-5-3-2-4-10(12)15/h2-8H,1H3. The molecule has 6 nitrogen and oxygen atoms in total. The smallest absolute Gasteiger partial charge is 0.343 e. The molecule has 2 rings (SSSR count). The fourth-order valence-electron chi connectivity index (χ4n) is 1.65. The molecule has 108 valence electrons. The van der Waals surface area contributed by atoms with Crippen molar-refractivity contribution in [2.75, 3.05) is 7.11 Å². The lowest BCUT2D eigenvalue weighted by Gasteiger charge is -2.06. The average molecular weight is 291 g/mol. The van der Waals surface area contributed by atoms with Crippen LogP contribution in [0, 0.1) is 15.9 Å². The lowest BCUT2D eigenvalue weighted by atomic mass is 10.2. The van der Waals surface area contributed by atoms with Crippen molar-refractivity contribution in [3.05, 3.63) is 64.0 Å². The number of nitrogens with zero attached hydrogens (tertiary/aromatic N) is 1. The van der Waals surface area contributed by atoms with Crippen LogP contribution in [-0.4, -0.2) is 18.0 Å². The summed E-state index contributed by atoms with van der Waals surface area (Å²) in [7, 11) is 1.28. The fourth-order valence-corrected chi connectivity index (χ4v) is 1.65. The first-order chi connectivity index (χ1) is 10.0. The molecule has 0 amide bonds. The van der Waals surface area contributed by atoms with E-state index in [1.54, 1.807) is 0 Å². The Kier molecular flexibility index (Phi) is 4.13. The monoisotopic (exact) mass is 291 g/mol. The number of carbonyl (C=O) groups excluding carboxylic acids is 1. The second kappa shape index (κ2) is 6.00. The first kappa shape index (κ1) is 14.4. The zero-order chi connectivity index (χ0) is 15.4. The Labute approximate surface area is 118 Å². The van der Waals surface area contributed by atoms with Crippen molar-refractivity contribution in [2.24, 2.45) is 0 Å². The molecule has 0 atom stereocenters. The molecule has 0 spiro atoms. The van der Waals surface area contributed by atoms with E-state index in [2.05, 4.69) is 0 Å². The van der Waals surface area contributed by atoms with Gasteiger partial charge in [-0.25, -0.2) is 9.18 Å². The third kappa shape index (κ3) is 3.14. The highest BCUT2D eigenvalue weighted by Gasteiger charge is 2.19. The van der Waals surface area contributed by atoms with Crippen molar-refractivity contribution < 1.29 is 23.6 Å². The molecule has 0 fully saturated rings. The number of hydrogen-bond donors (Lipinski definition) is 0. The summed E-state index contributed by atoms with van der Waals surface area (Å²) < 4.78 is 23.1. The summed E-state index contributed by atoms with van der Waals surface area (Å²) in [6.07, 6.45) is 0. The molecule has 21 heavy (non-hydrogen) atoms. The average Bonchev–Trinajstić information content (AvgIpc) is 2.48. The van der Waals surface area contributed by atoms with Gasteiger partial charge in [0.05, 0.1) is 17.6 Å². The van der Waals surface area contributed by atoms with Gasteiger partial charge in [-0.05, 0) is 24.3 Å². The second-order valence-electron chi connectivity index (χ2n) is 3.96. The quantitative estimate of drug-likeness (QED) is 0.374. The molecule has 0 saturated carbocycles. The van der Waals surface area contributed by atoms with E-state index in [4.69, 9.17) is 9.47 Å². The molecule has 0 bridgehead atoms. The highest BCUT2D eigenvalue weighted by molar-refractivity contribution is 5.92. The minimum Gasteiger partial charge on any atom is -0.490 e. The number of esters is 1. The van der Waals surface area contributed by atoms with E-state index in [1.807, 2.05) is 0 Å². The predicted octanol–water partition coefficient (Wildman–Crippen LogP) is 2.96. The molecule has 0 heterocycles. The Morgan fingerprint density at radius 2 is 1.90 bits per heavy atom. The number of nitro groups is 1. The number of hydrogen-bond acceptors (Lipinski definition) is 5. The van der Waals surface area contributed by atoms with Crippen molar-refractivity contribution >= 4 is 11.7 Å². The second-order valence-corrected chi connectivity index (χ2v) is 3.96. The summed E-state index contributed by atoms with van der Waals surface area (Å²) in [5.74, 6) is -1.83. The zero-order valence-corrected chi connectivity index (χ0v) is 10.9.